The number of hydrogen-bond acceptors (Lipinski definition) is 7. The highest BCUT2D eigenvalue weighted by Crippen LogP contribution is 2.27. The topological polar surface area (TPSA) is 92.3 Å². The molecule has 0 atom stereocenters. The third-order valence-corrected chi connectivity index (χ3v) is 5.27. The molecule has 0 saturated carbocycles. The van der Waals surface area contributed by atoms with Crippen molar-refractivity contribution in [3.63, 3.8) is 0 Å². The first-order valence-corrected chi connectivity index (χ1v) is 9.88. The number of aryl methyl sites for hydroxylation is 1. The van der Waals surface area contributed by atoms with Crippen LogP contribution in [0.3, 0.4) is 0 Å². The van der Waals surface area contributed by atoms with Crippen molar-refractivity contribution < 1.29 is 13.6 Å². The van der Waals surface area contributed by atoms with E-state index in [1.807, 2.05) is 11.9 Å². The highest BCUT2D eigenvalue weighted by molar-refractivity contribution is 5.92. The Morgan fingerprint density at radius 2 is 1.87 bits per heavy atom. The maximum Gasteiger partial charge on any atom is 0.289 e. The molecule has 1 N–H and O–H groups in total. The van der Waals surface area contributed by atoms with Crippen molar-refractivity contribution in [1.82, 2.24) is 24.6 Å². The molecule has 1 aliphatic heterocycles. The Kier molecular flexibility index (Phi) is 4.73. The van der Waals surface area contributed by atoms with Crippen LogP contribution in [-0.4, -0.2) is 56.7 Å². The second kappa shape index (κ2) is 7.71. The number of carbonyl (C=O) groups excluding carboxylic acids is 1. The molecule has 1 fully saturated rings. The van der Waals surface area contributed by atoms with E-state index >= 15 is 0 Å². The van der Waals surface area contributed by atoms with Gasteiger partial charge in [-0.15, -0.1) is 0 Å². The van der Waals surface area contributed by atoms with Crippen LogP contribution < -0.4 is 10.2 Å². The minimum absolute atomic E-state index is 0.119. The number of hydrogen-bond donors (Lipinski definition) is 1. The molecule has 158 valence electrons. The summed E-state index contributed by atoms with van der Waals surface area (Å²) < 4.78 is 20.2. The molecule has 1 amide bonds. The van der Waals surface area contributed by atoms with Crippen LogP contribution in [0.2, 0.25) is 0 Å². The summed E-state index contributed by atoms with van der Waals surface area (Å²) >= 11 is 0. The van der Waals surface area contributed by atoms with Gasteiger partial charge < -0.3 is 19.5 Å². The van der Waals surface area contributed by atoms with E-state index in [0.717, 1.165) is 5.39 Å². The van der Waals surface area contributed by atoms with Crippen LogP contribution in [0.15, 0.2) is 53.3 Å². The van der Waals surface area contributed by atoms with Crippen LogP contribution in [0.5, 0.6) is 0 Å². The van der Waals surface area contributed by atoms with Crippen molar-refractivity contribution in [1.29, 1.82) is 0 Å². The maximum absolute atomic E-state index is 13.3. The SMILES string of the molecule is Cn1ncc2c(Nc3ccc(F)cc3)nc(N3CCN(C(=O)c4ccco4)CC3)nc21. The summed E-state index contributed by atoms with van der Waals surface area (Å²) in [6.07, 6.45) is 3.20. The smallest absolute Gasteiger partial charge is 0.289 e. The van der Waals surface area contributed by atoms with E-state index in [-0.39, 0.29) is 11.7 Å². The van der Waals surface area contributed by atoms with E-state index in [0.29, 0.717) is 55.0 Å². The quantitative estimate of drug-likeness (QED) is 0.542. The number of halogens is 1. The summed E-state index contributed by atoms with van der Waals surface area (Å²) in [6.45, 7) is 2.25. The third-order valence-electron chi connectivity index (χ3n) is 5.27. The zero-order chi connectivity index (χ0) is 21.4. The fourth-order valence-corrected chi connectivity index (χ4v) is 3.58. The monoisotopic (exact) mass is 421 g/mol. The normalized spacial score (nSPS) is 14.3. The molecule has 3 aromatic heterocycles. The highest BCUT2D eigenvalue weighted by Gasteiger charge is 2.26. The summed E-state index contributed by atoms with van der Waals surface area (Å²) in [7, 11) is 1.82. The van der Waals surface area contributed by atoms with Gasteiger partial charge in [0.25, 0.3) is 5.91 Å². The van der Waals surface area contributed by atoms with Crippen LogP contribution in [0.1, 0.15) is 10.6 Å². The first-order valence-electron chi connectivity index (χ1n) is 9.88. The van der Waals surface area contributed by atoms with Crippen molar-refractivity contribution >= 4 is 34.4 Å². The number of benzene rings is 1. The van der Waals surface area contributed by atoms with Gasteiger partial charge in [0, 0.05) is 38.9 Å². The first kappa shape index (κ1) is 19.0. The van der Waals surface area contributed by atoms with E-state index in [2.05, 4.69) is 15.4 Å². The van der Waals surface area contributed by atoms with E-state index in [9.17, 15) is 9.18 Å². The van der Waals surface area contributed by atoms with Gasteiger partial charge in [0.2, 0.25) is 5.95 Å². The van der Waals surface area contributed by atoms with E-state index in [1.165, 1.54) is 18.4 Å². The third kappa shape index (κ3) is 3.67. The molecule has 5 rings (SSSR count). The van der Waals surface area contributed by atoms with Crippen LogP contribution in [0, 0.1) is 5.82 Å². The van der Waals surface area contributed by atoms with Gasteiger partial charge in [-0.1, -0.05) is 0 Å². The lowest BCUT2D eigenvalue weighted by molar-refractivity contribution is 0.0714. The lowest BCUT2D eigenvalue weighted by Crippen LogP contribution is -2.49. The Morgan fingerprint density at radius 1 is 1.10 bits per heavy atom. The molecule has 0 bridgehead atoms. The number of nitrogens with zero attached hydrogens (tertiary/aromatic N) is 6. The number of carbonyl (C=O) groups is 1. The Balaban J connectivity index is 1.39. The molecule has 1 aliphatic rings. The lowest BCUT2D eigenvalue weighted by Gasteiger charge is -2.34. The molecular weight excluding hydrogens is 401 g/mol. The summed E-state index contributed by atoms with van der Waals surface area (Å²) in [6, 6.07) is 9.45. The minimum atomic E-state index is -0.303. The maximum atomic E-state index is 13.3. The molecule has 9 nitrogen and oxygen atoms in total. The van der Waals surface area contributed by atoms with Crippen LogP contribution in [0.25, 0.3) is 11.0 Å². The number of anilines is 3. The van der Waals surface area contributed by atoms with Gasteiger partial charge in [0.05, 0.1) is 17.8 Å². The number of rotatable bonds is 4. The zero-order valence-corrected chi connectivity index (χ0v) is 16.8. The highest BCUT2D eigenvalue weighted by atomic mass is 19.1. The Bertz CT molecular complexity index is 1210. The number of amides is 1. The largest absolute Gasteiger partial charge is 0.459 e. The fraction of sp³-hybridized carbons (Fsp3) is 0.238. The molecule has 0 radical (unpaired) electrons. The average Bonchev–Trinajstić information content (AvgIpc) is 3.46. The van der Waals surface area contributed by atoms with Gasteiger partial charge in [-0.2, -0.15) is 15.1 Å². The molecule has 0 unspecified atom stereocenters. The van der Waals surface area contributed by atoms with Crippen LogP contribution >= 0.6 is 0 Å². The molecule has 0 spiro atoms. The van der Waals surface area contributed by atoms with E-state index in [1.54, 1.807) is 40.0 Å². The van der Waals surface area contributed by atoms with Crippen molar-refractivity contribution in [2.75, 3.05) is 36.4 Å². The first-order chi connectivity index (χ1) is 15.1. The number of nitrogens with one attached hydrogen (secondary N) is 1. The van der Waals surface area contributed by atoms with Crippen molar-refractivity contribution in [2.24, 2.45) is 7.05 Å². The summed E-state index contributed by atoms with van der Waals surface area (Å²) in [4.78, 5) is 25.7. The summed E-state index contributed by atoms with van der Waals surface area (Å²) in [5.41, 5.74) is 1.40. The second-order valence-electron chi connectivity index (χ2n) is 7.27. The lowest BCUT2D eigenvalue weighted by atomic mass is 10.3. The standard InChI is InChI=1S/C21H20FN7O2/c1-27-19-16(13-23-27)18(24-15-6-4-14(22)5-7-15)25-21(26-19)29-10-8-28(9-11-29)20(30)17-3-2-12-31-17/h2-7,12-13H,8-11H2,1H3,(H,24,25,26). The molecule has 4 heterocycles. The number of aromatic nitrogens is 4. The van der Waals surface area contributed by atoms with Crippen LogP contribution in [0.4, 0.5) is 21.8 Å². The Labute approximate surface area is 177 Å². The molecule has 0 aliphatic carbocycles. The van der Waals surface area contributed by atoms with E-state index < -0.39 is 0 Å². The predicted molar refractivity (Wildman–Crippen MR) is 113 cm³/mol. The molecule has 31 heavy (non-hydrogen) atoms. The Morgan fingerprint density at radius 3 is 2.58 bits per heavy atom. The van der Waals surface area contributed by atoms with Gasteiger partial charge in [-0.05, 0) is 36.4 Å². The van der Waals surface area contributed by atoms with Gasteiger partial charge >= 0.3 is 0 Å². The average molecular weight is 421 g/mol. The molecule has 4 aromatic rings. The number of piperazine rings is 1. The molecular formula is C21H20FN7O2. The Hall–Kier alpha value is -3.95. The number of fused-ring (bicyclic) bond motifs is 1. The van der Waals surface area contributed by atoms with Gasteiger partial charge in [0.1, 0.15) is 11.6 Å². The van der Waals surface area contributed by atoms with Crippen molar-refractivity contribution in [3.8, 4) is 0 Å². The number of furan rings is 1. The van der Waals surface area contributed by atoms with Crippen LogP contribution in [-0.2, 0) is 7.05 Å². The van der Waals surface area contributed by atoms with Gasteiger partial charge in [-0.3, -0.25) is 9.48 Å². The minimum Gasteiger partial charge on any atom is -0.459 e. The molecule has 1 saturated heterocycles. The van der Waals surface area contributed by atoms with Gasteiger partial charge in [0.15, 0.2) is 11.4 Å². The van der Waals surface area contributed by atoms with Gasteiger partial charge in [-0.25, -0.2) is 4.39 Å². The summed E-state index contributed by atoms with van der Waals surface area (Å²) in [5.74, 6) is 1.06. The van der Waals surface area contributed by atoms with E-state index in [4.69, 9.17) is 9.40 Å². The fourth-order valence-electron chi connectivity index (χ4n) is 3.58. The predicted octanol–water partition coefficient (Wildman–Crippen LogP) is 2.80. The van der Waals surface area contributed by atoms with Crippen molar-refractivity contribution in [2.45, 2.75) is 0 Å². The zero-order valence-electron chi connectivity index (χ0n) is 16.8. The van der Waals surface area contributed by atoms with Crippen molar-refractivity contribution in [3.05, 3.63) is 60.4 Å². The molecule has 1 aromatic carbocycles. The molecule has 10 heteroatoms. The second-order valence-corrected chi connectivity index (χ2v) is 7.27. The summed E-state index contributed by atoms with van der Waals surface area (Å²) in [5, 5.41) is 8.30.